The first-order chi connectivity index (χ1) is 21.6. The SMILES string of the molecule is COC(=O)CCCc1ccccc1CC[C@@H]1[C@H](C(=O)N[C@@H](COS(C)(=O)=O)C(=O)NCCCCC2CCCCC2)[C@H]2CC[C@@H]1O2. The number of methoxy groups -OCH3 is 1. The molecular formula is C34H52N2O8S. The third-order valence-corrected chi connectivity index (χ3v) is 10.4. The van der Waals surface area contributed by atoms with E-state index in [1.54, 1.807) is 0 Å². The summed E-state index contributed by atoms with van der Waals surface area (Å²) in [5.41, 5.74) is 2.37. The van der Waals surface area contributed by atoms with Crippen molar-refractivity contribution in [3.63, 3.8) is 0 Å². The van der Waals surface area contributed by atoms with Crippen molar-refractivity contribution in [3.8, 4) is 0 Å². The molecular weight excluding hydrogens is 596 g/mol. The summed E-state index contributed by atoms with van der Waals surface area (Å²) in [5.74, 6) is -0.629. The Labute approximate surface area is 268 Å². The van der Waals surface area contributed by atoms with Crippen LogP contribution in [0.2, 0.25) is 0 Å². The number of fused-ring (bicyclic) bond motifs is 2. The van der Waals surface area contributed by atoms with Gasteiger partial charge in [0.2, 0.25) is 11.8 Å². The van der Waals surface area contributed by atoms with E-state index in [-0.39, 0.29) is 30.0 Å². The topological polar surface area (TPSA) is 137 Å². The monoisotopic (exact) mass is 648 g/mol. The largest absolute Gasteiger partial charge is 0.469 e. The van der Waals surface area contributed by atoms with Gasteiger partial charge in [-0.1, -0.05) is 69.2 Å². The Bertz CT molecular complexity index is 1230. The second kappa shape index (κ2) is 17.4. The highest BCUT2D eigenvalue weighted by molar-refractivity contribution is 7.85. The van der Waals surface area contributed by atoms with Gasteiger partial charge in [-0.15, -0.1) is 0 Å². The second-order valence-corrected chi connectivity index (χ2v) is 14.7. The molecule has 2 heterocycles. The van der Waals surface area contributed by atoms with E-state index in [1.807, 2.05) is 12.1 Å². The van der Waals surface area contributed by atoms with Crippen molar-refractivity contribution in [1.82, 2.24) is 10.6 Å². The van der Waals surface area contributed by atoms with E-state index in [0.29, 0.717) is 19.4 Å². The maximum Gasteiger partial charge on any atom is 0.305 e. The summed E-state index contributed by atoms with van der Waals surface area (Å²) in [6, 6.07) is 7.04. The average molecular weight is 649 g/mol. The number of benzene rings is 1. The first-order valence-electron chi connectivity index (χ1n) is 16.9. The van der Waals surface area contributed by atoms with Crippen LogP contribution in [-0.2, 0) is 51.0 Å². The fourth-order valence-electron chi connectivity index (χ4n) is 7.41. The molecule has 2 aliphatic heterocycles. The van der Waals surface area contributed by atoms with Gasteiger partial charge in [-0.3, -0.25) is 18.6 Å². The van der Waals surface area contributed by atoms with E-state index in [1.165, 1.54) is 50.3 Å². The molecule has 0 spiro atoms. The lowest BCUT2D eigenvalue weighted by atomic mass is 9.75. The van der Waals surface area contributed by atoms with Crippen molar-refractivity contribution >= 4 is 27.9 Å². The highest BCUT2D eigenvalue weighted by Gasteiger charge is 2.52. The van der Waals surface area contributed by atoms with Gasteiger partial charge in [0.05, 0.1) is 38.1 Å². The summed E-state index contributed by atoms with van der Waals surface area (Å²) in [6.45, 7) is 0.0134. The number of esters is 1. The fraction of sp³-hybridized carbons (Fsp3) is 0.735. The van der Waals surface area contributed by atoms with Gasteiger partial charge in [0.1, 0.15) is 6.04 Å². The number of carbonyl (C=O) groups is 3. The molecule has 4 rings (SSSR count). The molecule has 1 saturated carbocycles. The average Bonchev–Trinajstić information content (AvgIpc) is 3.64. The molecule has 2 saturated heterocycles. The van der Waals surface area contributed by atoms with Crippen LogP contribution >= 0.6 is 0 Å². The minimum Gasteiger partial charge on any atom is -0.469 e. The van der Waals surface area contributed by atoms with Crippen LogP contribution in [0.1, 0.15) is 94.6 Å². The maximum atomic E-state index is 13.7. The predicted molar refractivity (Wildman–Crippen MR) is 171 cm³/mol. The molecule has 2 N–H and O–H groups in total. The van der Waals surface area contributed by atoms with E-state index < -0.39 is 34.6 Å². The van der Waals surface area contributed by atoms with Crippen LogP contribution in [0.3, 0.4) is 0 Å². The third-order valence-electron chi connectivity index (χ3n) is 9.79. The number of aryl methyl sites for hydroxylation is 2. The lowest BCUT2D eigenvalue weighted by Gasteiger charge is -2.29. The Balaban J connectivity index is 1.33. The molecule has 45 heavy (non-hydrogen) atoms. The molecule has 3 aliphatic rings. The van der Waals surface area contributed by atoms with Crippen molar-refractivity contribution < 1.29 is 36.5 Å². The summed E-state index contributed by atoms with van der Waals surface area (Å²) < 4.78 is 39.5. The summed E-state index contributed by atoms with van der Waals surface area (Å²) in [4.78, 5) is 38.4. The Kier molecular flexibility index (Phi) is 13.7. The molecule has 11 heteroatoms. The van der Waals surface area contributed by atoms with Crippen LogP contribution in [0.25, 0.3) is 0 Å². The molecule has 2 amide bonds. The Morgan fingerprint density at radius 2 is 1.64 bits per heavy atom. The zero-order valence-corrected chi connectivity index (χ0v) is 27.8. The van der Waals surface area contributed by atoms with Crippen LogP contribution in [0.15, 0.2) is 24.3 Å². The first kappa shape index (κ1) is 35.4. The van der Waals surface area contributed by atoms with E-state index in [9.17, 15) is 22.8 Å². The van der Waals surface area contributed by atoms with Crippen molar-refractivity contribution in [2.75, 3.05) is 26.5 Å². The van der Waals surface area contributed by atoms with E-state index in [4.69, 9.17) is 13.7 Å². The van der Waals surface area contributed by atoms with Crippen LogP contribution in [-0.4, -0.2) is 71.0 Å². The number of hydrogen-bond acceptors (Lipinski definition) is 8. The number of amides is 2. The highest BCUT2D eigenvalue weighted by atomic mass is 32.2. The van der Waals surface area contributed by atoms with E-state index in [0.717, 1.165) is 63.5 Å². The zero-order valence-electron chi connectivity index (χ0n) is 27.0. The molecule has 0 unspecified atom stereocenters. The van der Waals surface area contributed by atoms with Crippen molar-refractivity contribution in [3.05, 3.63) is 35.4 Å². The van der Waals surface area contributed by atoms with Gasteiger partial charge in [0.25, 0.3) is 10.1 Å². The van der Waals surface area contributed by atoms with Gasteiger partial charge in [-0.25, -0.2) is 0 Å². The van der Waals surface area contributed by atoms with Crippen molar-refractivity contribution in [2.45, 2.75) is 115 Å². The number of unbranched alkanes of at least 4 members (excludes halogenated alkanes) is 1. The number of nitrogens with one attached hydrogen (secondary N) is 2. The Morgan fingerprint density at radius 1 is 0.933 bits per heavy atom. The Hall–Kier alpha value is -2.50. The minimum atomic E-state index is -3.81. The lowest BCUT2D eigenvalue weighted by molar-refractivity contribution is -0.140. The van der Waals surface area contributed by atoms with E-state index in [2.05, 4.69) is 22.8 Å². The van der Waals surface area contributed by atoms with Gasteiger partial charge in [0.15, 0.2) is 0 Å². The molecule has 0 radical (unpaired) electrons. The summed E-state index contributed by atoms with van der Waals surface area (Å²) in [5, 5.41) is 5.72. The molecule has 1 aromatic carbocycles. The lowest BCUT2D eigenvalue weighted by Crippen LogP contribution is -2.53. The van der Waals surface area contributed by atoms with Gasteiger partial charge < -0.3 is 20.1 Å². The predicted octanol–water partition coefficient (Wildman–Crippen LogP) is 4.24. The normalized spacial score (nSPS) is 23.9. The summed E-state index contributed by atoms with van der Waals surface area (Å²) in [7, 11) is -2.41. The Morgan fingerprint density at radius 3 is 2.36 bits per heavy atom. The van der Waals surface area contributed by atoms with Crippen LogP contribution in [0, 0.1) is 17.8 Å². The third kappa shape index (κ3) is 11.1. The highest BCUT2D eigenvalue weighted by Crippen LogP contribution is 2.45. The smallest absolute Gasteiger partial charge is 0.305 e. The quantitative estimate of drug-likeness (QED) is 0.137. The molecule has 3 fully saturated rings. The molecule has 1 aliphatic carbocycles. The van der Waals surface area contributed by atoms with Crippen molar-refractivity contribution in [2.24, 2.45) is 17.8 Å². The van der Waals surface area contributed by atoms with Gasteiger partial charge in [-0.05, 0) is 67.9 Å². The maximum absolute atomic E-state index is 13.7. The van der Waals surface area contributed by atoms with Gasteiger partial charge >= 0.3 is 5.97 Å². The van der Waals surface area contributed by atoms with Gasteiger partial charge in [-0.2, -0.15) is 8.42 Å². The second-order valence-electron chi connectivity index (χ2n) is 13.1. The molecule has 1 aromatic rings. The van der Waals surface area contributed by atoms with Crippen molar-refractivity contribution in [1.29, 1.82) is 0 Å². The summed E-state index contributed by atoms with van der Waals surface area (Å²) >= 11 is 0. The first-order valence-corrected chi connectivity index (χ1v) is 18.7. The fourth-order valence-corrected chi connectivity index (χ4v) is 7.79. The number of hydrogen-bond donors (Lipinski definition) is 2. The minimum absolute atomic E-state index is 0.0220. The van der Waals surface area contributed by atoms with Crippen LogP contribution < -0.4 is 10.6 Å². The molecule has 10 nitrogen and oxygen atoms in total. The number of ether oxygens (including phenoxy) is 2. The van der Waals surface area contributed by atoms with Gasteiger partial charge in [0, 0.05) is 13.0 Å². The molecule has 0 aromatic heterocycles. The number of rotatable bonds is 18. The standard InChI is InChI=1S/C34H52N2O8S/c1-42-31(37)17-10-16-25-14-6-7-15-26(25)18-19-27-29-20-21-30(44-29)32(27)34(39)36-28(23-43-45(2,40)41)33(38)35-22-9-8-13-24-11-4-3-5-12-24/h6-7,14-15,24,27-30,32H,3-5,8-13,16-23H2,1-2H3,(H,35,38)(H,36,39)/t27-,28-,29-,30+,32-/m0/s1. The zero-order chi connectivity index (χ0) is 32.2. The number of carbonyl (C=O) groups excluding carboxylic acids is 3. The molecule has 252 valence electrons. The van der Waals surface area contributed by atoms with E-state index >= 15 is 0 Å². The molecule has 2 bridgehead atoms. The van der Waals surface area contributed by atoms with Crippen LogP contribution in [0.5, 0.6) is 0 Å². The van der Waals surface area contributed by atoms with Crippen LogP contribution in [0.4, 0.5) is 0 Å². The molecule has 5 atom stereocenters. The summed E-state index contributed by atoms with van der Waals surface area (Å²) in [6.07, 6.45) is 15.2.